The van der Waals surface area contributed by atoms with Crippen molar-refractivity contribution in [3.63, 3.8) is 0 Å². The quantitative estimate of drug-likeness (QED) is 0.776. The van der Waals surface area contributed by atoms with E-state index in [2.05, 4.69) is 5.32 Å². The minimum atomic E-state index is -1.07. The Morgan fingerprint density at radius 1 is 1.44 bits per heavy atom. The van der Waals surface area contributed by atoms with E-state index in [1.54, 1.807) is 16.7 Å². The maximum atomic E-state index is 11.8. The molecule has 1 heterocycles. The lowest BCUT2D eigenvalue weighted by molar-refractivity contribution is -0.143. The number of hydrogen-bond donors (Lipinski definition) is 2. The average molecular weight is 246 g/mol. The number of carboxylic acid groups (broad SMARTS) is 1. The topological polar surface area (TPSA) is 69.6 Å². The Morgan fingerprint density at radius 3 is 2.44 bits per heavy atom. The van der Waals surface area contributed by atoms with Crippen LogP contribution in [0.1, 0.15) is 20.3 Å². The minimum Gasteiger partial charge on any atom is -0.479 e. The van der Waals surface area contributed by atoms with Crippen LogP contribution in [0.5, 0.6) is 0 Å². The van der Waals surface area contributed by atoms with Crippen molar-refractivity contribution >= 4 is 23.8 Å². The van der Waals surface area contributed by atoms with E-state index < -0.39 is 11.5 Å². The van der Waals surface area contributed by atoms with Gasteiger partial charge in [0.05, 0.1) is 0 Å². The van der Waals surface area contributed by atoms with Crippen LogP contribution < -0.4 is 5.32 Å². The van der Waals surface area contributed by atoms with Crippen LogP contribution in [0.3, 0.4) is 0 Å². The number of urea groups is 1. The molecular formula is C10H18N2O3S. The zero-order valence-electron chi connectivity index (χ0n) is 9.65. The molecule has 1 saturated heterocycles. The fourth-order valence-electron chi connectivity index (χ4n) is 1.68. The number of carboxylic acids is 1. The Hall–Kier alpha value is -0.910. The number of amides is 2. The van der Waals surface area contributed by atoms with Crippen LogP contribution in [-0.4, -0.2) is 52.1 Å². The first-order valence-electron chi connectivity index (χ1n) is 5.44. The minimum absolute atomic E-state index is 0.282. The van der Waals surface area contributed by atoms with Crippen molar-refractivity contribution in [1.29, 1.82) is 0 Å². The largest absolute Gasteiger partial charge is 0.479 e. The van der Waals surface area contributed by atoms with Gasteiger partial charge in [0.25, 0.3) is 0 Å². The summed E-state index contributed by atoms with van der Waals surface area (Å²) < 4.78 is 0. The summed E-state index contributed by atoms with van der Waals surface area (Å²) in [4.78, 5) is 24.6. The Labute approximate surface area is 99.6 Å². The molecule has 0 spiro atoms. The molecule has 1 fully saturated rings. The summed E-state index contributed by atoms with van der Waals surface area (Å²) in [5, 5.41) is 11.9. The van der Waals surface area contributed by atoms with Crippen LogP contribution in [0.4, 0.5) is 4.79 Å². The lowest BCUT2D eigenvalue weighted by atomic mass is 10.00. The normalized spacial score (nSPS) is 24.1. The zero-order valence-corrected chi connectivity index (χ0v) is 10.5. The summed E-state index contributed by atoms with van der Waals surface area (Å²) >= 11 is 1.56. The number of aliphatic carboxylic acids is 1. The molecule has 16 heavy (non-hydrogen) atoms. The standard InChI is InChI=1S/C10H18N2O3S/c1-3-12(4-2)9(15)11-10(8(13)14)5-6-16-7-10/h3-7H2,1-2H3,(H,11,15)(H,13,14). The molecule has 2 amide bonds. The van der Waals surface area contributed by atoms with Crippen molar-refractivity contribution in [3.05, 3.63) is 0 Å². The average Bonchev–Trinajstić information content (AvgIpc) is 2.69. The molecule has 92 valence electrons. The van der Waals surface area contributed by atoms with E-state index in [0.29, 0.717) is 25.3 Å². The summed E-state index contributed by atoms with van der Waals surface area (Å²) in [5.74, 6) is 0.304. The molecule has 1 aliphatic rings. The molecule has 2 N–H and O–H groups in total. The van der Waals surface area contributed by atoms with Gasteiger partial charge in [0.2, 0.25) is 0 Å². The number of rotatable bonds is 4. The third kappa shape index (κ3) is 2.61. The van der Waals surface area contributed by atoms with Gasteiger partial charge in [0, 0.05) is 18.8 Å². The Kier molecular flexibility index (Phi) is 4.46. The lowest BCUT2D eigenvalue weighted by Crippen LogP contribution is -2.58. The molecule has 1 unspecified atom stereocenters. The molecule has 1 aliphatic heterocycles. The van der Waals surface area contributed by atoms with Crippen LogP contribution in [0.15, 0.2) is 0 Å². The fourth-order valence-corrected chi connectivity index (χ4v) is 3.01. The molecule has 0 bridgehead atoms. The van der Waals surface area contributed by atoms with E-state index in [1.807, 2.05) is 13.8 Å². The highest BCUT2D eigenvalue weighted by Crippen LogP contribution is 2.28. The van der Waals surface area contributed by atoms with Crippen LogP contribution in [0, 0.1) is 0 Å². The Balaban J connectivity index is 2.69. The van der Waals surface area contributed by atoms with E-state index in [9.17, 15) is 14.7 Å². The third-order valence-electron chi connectivity index (χ3n) is 2.83. The molecule has 0 aromatic rings. The van der Waals surface area contributed by atoms with Gasteiger partial charge in [-0.2, -0.15) is 11.8 Å². The van der Waals surface area contributed by atoms with Crippen molar-refractivity contribution in [1.82, 2.24) is 10.2 Å². The van der Waals surface area contributed by atoms with Gasteiger partial charge in [-0.25, -0.2) is 9.59 Å². The second-order valence-electron chi connectivity index (χ2n) is 3.79. The maximum Gasteiger partial charge on any atom is 0.330 e. The first kappa shape index (κ1) is 13.2. The van der Waals surface area contributed by atoms with Gasteiger partial charge in [-0.15, -0.1) is 0 Å². The number of thioether (sulfide) groups is 1. The van der Waals surface area contributed by atoms with E-state index >= 15 is 0 Å². The van der Waals surface area contributed by atoms with Gasteiger partial charge in [0.15, 0.2) is 0 Å². The van der Waals surface area contributed by atoms with Crippen LogP contribution in [0.25, 0.3) is 0 Å². The molecular weight excluding hydrogens is 228 g/mol. The number of carbonyl (C=O) groups excluding carboxylic acids is 1. The molecule has 0 aromatic carbocycles. The second kappa shape index (κ2) is 5.43. The van der Waals surface area contributed by atoms with Crippen molar-refractivity contribution < 1.29 is 14.7 Å². The predicted octanol–water partition coefficient (Wildman–Crippen LogP) is 0.998. The monoisotopic (exact) mass is 246 g/mol. The van der Waals surface area contributed by atoms with Crippen LogP contribution in [0.2, 0.25) is 0 Å². The van der Waals surface area contributed by atoms with E-state index in [-0.39, 0.29) is 6.03 Å². The van der Waals surface area contributed by atoms with E-state index in [0.717, 1.165) is 5.75 Å². The third-order valence-corrected chi connectivity index (χ3v) is 4.02. The summed E-state index contributed by atoms with van der Waals surface area (Å²) in [7, 11) is 0. The Morgan fingerprint density at radius 2 is 2.06 bits per heavy atom. The number of hydrogen-bond acceptors (Lipinski definition) is 3. The van der Waals surface area contributed by atoms with Gasteiger partial charge in [-0.05, 0) is 26.0 Å². The van der Waals surface area contributed by atoms with E-state index in [4.69, 9.17) is 0 Å². The van der Waals surface area contributed by atoms with Crippen molar-refractivity contribution in [2.45, 2.75) is 25.8 Å². The molecule has 0 saturated carbocycles. The van der Waals surface area contributed by atoms with Gasteiger partial charge >= 0.3 is 12.0 Å². The highest BCUT2D eigenvalue weighted by molar-refractivity contribution is 7.99. The molecule has 0 aliphatic carbocycles. The predicted molar refractivity (Wildman–Crippen MR) is 63.8 cm³/mol. The fraction of sp³-hybridized carbons (Fsp3) is 0.800. The SMILES string of the molecule is CCN(CC)C(=O)NC1(C(=O)O)CCSC1. The van der Waals surface area contributed by atoms with Gasteiger partial charge in [0.1, 0.15) is 5.54 Å². The summed E-state index contributed by atoms with van der Waals surface area (Å²) in [6.07, 6.45) is 0.500. The maximum absolute atomic E-state index is 11.8. The molecule has 1 rings (SSSR count). The summed E-state index contributed by atoms with van der Waals surface area (Å²) in [5.41, 5.74) is -1.07. The molecule has 6 heteroatoms. The number of nitrogens with one attached hydrogen (secondary N) is 1. The number of carbonyl (C=O) groups is 2. The van der Waals surface area contributed by atoms with Crippen molar-refractivity contribution in [3.8, 4) is 0 Å². The first-order chi connectivity index (χ1) is 7.55. The highest BCUT2D eigenvalue weighted by atomic mass is 32.2. The van der Waals surface area contributed by atoms with Gasteiger partial charge in [-0.3, -0.25) is 0 Å². The smallest absolute Gasteiger partial charge is 0.330 e. The zero-order chi connectivity index (χ0) is 12.2. The van der Waals surface area contributed by atoms with Crippen molar-refractivity contribution in [2.75, 3.05) is 24.6 Å². The first-order valence-corrected chi connectivity index (χ1v) is 6.59. The number of nitrogens with zero attached hydrogens (tertiary/aromatic N) is 1. The van der Waals surface area contributed by atoms with Crippen LogP contribution in [-0.2, 0) is 4.79 Å². The second-order valence-corrected chi connectivity index (χ2v) is 4.90. The van der Waals surface area contributed by atoms with Crippen LogP contribution >= 0.6 is 11.8 Å². The summed E-state index contributed by atoms with van der Waals surface area (Å²) in [6.45, 7) is 4.93. The molecule has 0 aromatic heterocycles. The van der Waals surface area contributed by atoms with Gasteiger partial charge < -0.3 is 15.3 Å². The molecule has 5 nitrogen and oxygen atoms in total. The highest BCUT2D eigenvalue weighted by Gasteiger charge is 2.43. The van der Waals surface area contributed by atoms with Crippen molar-refractivity contribution in [2.24, 2.45) is 0 Å². The summed E-state index contributed by atoms with van der Waals surface area (Å²) in [6, 6.07) is -0.282. The van der Waals surface area contributed by atoms with Gasteiger partial charge in [-0.1, -0.05) is 0 Å². The molecule has 0 radical (unpaired) electrons. The molecule has 1 atom stereocenters. The lowest BCUT2D eigenvalue weighted by Gasteiger charge is -2.28. The van der Waals surface area contributed by atoms with E-state index in [1.165, 1.54) is 0 Å². The Bertz CT molecular complexity index is 273.